The summed E-state index contributed by atoms with van der Waals surface area (Å²) in [6.07, 6.45) is 12.5. The van der Waals surface area contributed by atoms with E-state index in [1.165, 1.54) is 12.8 Å². The normalized spacial score (nSPS) is 34.6. The molecule has 0 N–H and O–H groups in total. The van der Waals surface area contributed by atoms with E-state index >= 15 is 0 Å². The van der Waals surface area contributed by atoms with E-state index in [1.54, 1.807) is 0 Å². The molecule has 0 spiro atoms. The number of halogens is 1. The molecule has 0 nitrogen and oxygen atoms in total. The molecular weight excluding hydrogens is 176 g/mol. The minimum absolute atomic E-state index is 0.564. The van der Waals surface area contributed by atoms with Crippen LogP contribution < -0.4 is 0 Å². The summed E-state index contributed by atoms with van der Waals surface area (Å²) >= 11 is 3.53. The van der Waals surface area contributed by atoms with E-state index in [2.05, 4.69) is 40.2 Å². The van der Waals surface area contributed by atoms with Gasteiger partial charge in [-0.15, -0.1) is 0 Å². The van der Waals surface area contributed by atoms with Crippen LogP contribution in [0.1, 0.15) is 19.3 Å². The van der Waals surface area contributed by atoms with Gasteiger partial charge in [-0.2, -0.15) is 0 Å². The molecule has 1 aliphatic carbocycles. The molecule has 0 saturated carbocycles. The fourth-order valence-electron chi connectivity index (χ4n) is 0.859. The summed E-state index contributed by atoms with van der Waals surface area (Å²) in [5, 5.41) is 0. The van der Waals surface area contributed by atoms with Gasteiger partial charge in [-0.3, -0.25) is 0 Å². The van der Waals surface area contributed by atoms with Crippen molar-refractivity contribution in [3.8, 4) is 0 Å². The van der Waals surface area contributed by atoms with Gasteiger partial charge in [-0.1, -0.05) is 40.2 Å². The second-order valence-electron chi connectivity index (χ2n) is 2.23. The highest BCUT2D eigenvalue weighted by Gasteiger charge is 1.95. The lowest BCUT2D eigenvalue weighted by molar-refractivity contribution is 0.979. The number of alkyl halides is 1. The minimum Gasteiger partial charge on any atom is -0.0882 e. The van der Waals surface area contributed by atoms with Crippen molar-refractivity contribution in [3.05, 3.63) is 24.3 Å². The fourth-order valence-corrected chi connectivity index (χ4v) is 1.29. The zero-order valence-corrected chi connectivity index (χ0v) is 6.97. The third kappa shape index (κ3) is 2.85. The molecule has 1 rings (SSSR count). The summed E-state index contributed by atoms with van der Waals surface area (Å²) < 4.78 is 0. The van der Waals surface area contributed by atoms with Crippen LogP contribution in [0.3, 0.4) is 0 Å². The van der Waals surface area contributed by atoms with Crippen molar-refractivity contribution in [2.45, 2.75) is 24.1 Å². The first-order chi connectivity index (χ1) is 4.39. The average Bonchev–Trinajstić information content (AvgIpc) is 1.79. The van der Waals surface area contributed by atoms with Gasteiger partial charge in [0.25, 0.3) is 0 Å². The van der Waals surface area contributed by atoms with Crippen LogP contribution in [-0.2, 0) is 0 Å². The molecule has 0 amide bonds. The van der Waals surface area contributed by atoms with Crippen LogP contribution in [0.4, 0.5) is 0 Å². The number of rotatable bonds is 0. The van der Waals surface area contributed by atoms with Crippen LogP contribution in [0.15, 0.2) is 24.3 Å². The molecule has 1 atom stereocenters. The second-order valence-corrected chi connectivity index (χ2v) is 3.40. The first-order valence-corrected chi connectivity index (χ1v) is 4.27. The van der Waals surface area contributed by atoms with Crippen LogP contribution in [-0.4, -0.2) is 4.83 Å². The van der Waals surface area contributed by atoms with Crippen LogP contribution in [0.25, 0.3) is 0 Å². The van der Waals surface area contributed by atoms with E-state index < -0.39 is 0 Å². The van der Waals surface area contributed by atoms with Crippen molar-refractivity contribution in [1.29, 1.82) is 0 Å². The Balaban J connectivity index is 2.40. The Bertz CT molecular complexity index is 125. The van der Waals surface area contributed by atoms with Crippen LogP contribution in [0.2, 0.25) is 0 Å². The Morgan fingerprint density at radius 2 is 1.89 bits per heavy atom. The number of hydrogen-bond donors (Lipinski definition) is 0. The summed E-state index contributed by atoms with van der Waals surface area (Å²) in [7, 11) is 0. The zero-order valence-electron chi connectivity index (χ0n) is 5.39. The highest BCUT2D eigenvalue weighted by molar-refractivity contribution is 9.09. The molecule has 0 heterocycles. The first-order valence-electron chi connectivity index (χ1n) is 3.35. The van der Waals surface area contributed by atoms with Crippen LogP contribution >= 0.6 is 15.9 Å². The molecule has 0 radical (unpaired) electrons. The highest BCUT2D eigenvalue weighted by atomic mass is 79.9. The van der Waals surface area contributed by atoms with Gasteiger partial charge in [-0.25, -0.2) is 0 Å². The van der Waals surface area contributed by atoms with Gasteiger partial charge >= 0.3 is 0 Å². The molecule has 0 aliphatic heterocycles. The molecule has 0 aromatic rings. The first kappa shape index (κ1) is 7.07. The van der Waals surface area contributed by atoms with Crippen molar-refractivity contribution in [3.63, 3.8) is 0 Å². The highest BCUT2D eigenvalue weighted by Crippen LogP contribution is 2.11. The molecule has 0 aromatic heterocycles. The topological polar surface area (TPSA) is 0 Å². The maximum absolute atomic E-state index is 3.53. The SMILES string of the molecule is BrC1/C=C\CC/C=C\C1. The molecule has 0 aromatic carbocycles. The van der Waals surface area contributed by atoms with E-state index in [9.17, 15) is 0 Å². The van der Waals surface area contributed by atoms with Gasteiger partial charge in [-0.05, 0) is 19.3 Å². The quantitative estimate of drug-likeness (QED) is 0.404. The van der Waals surface area contributed by atoms with Crippen molar-refractivity contribution in [2.75, 3.05) is 0 Å². The van der Waals surface area contributed by atoms with Gasteiger partial charge < -0.3 is 0 Å². The molecule has 9 heavy (non-hydrogen) atoms. The largest absolute Gasteiger partial charge is 0.0882 e. The van der Waals surface area contributed by atoms with Crippen LogP contribution in [0.5, 0.6) is 0 Å². The van der Waals surface area contributed by atoms with Gasteiger partial charge in [0, 0.05) is 4.83 Å². The third-order valence-electron chi connectivity index (χ3n) is 1.37. The van der Waals surface area contributed by atoms with E-state index in [1.807, 2.05) is 0 Å². The Morgan fingerprint density at radius 1 is 1.11 bits per heavy atom. The summed E-state index contributed by atoms with van der Waals surface area (Å²) in [5.74, 6) is 0. The Morgan fingerprint density at radius 3 is 2.78 bits per heavy atom. The lowest BCUT2D eigenvalue weighted by Crippen LogP contribution is -1.90. The van der Waals surface area contributed by atoms with E-state index in [4.69, 9.17) is 0 Å². The molecule has 0 bridgehead atoms. The molecule has 1 heteroatoms. The fraction of sp³-hybridized carbons (Fsp3) is 0.500. The average molecular weight is 187 g/mol. The van der Waals surface area contributed by atoms with Gasteiger partial charge in [0.05, 0.1) is 0 Å². The summed E-state index contributed by atoms with van der Waals surface area (Å²) in [4.78, 5) is 0.564. The Hall–Kier alpha value is -0.0400. The molecule has 1 unspecified atom stereocenters. The lowest BCUT2D eigenvalue weighted by Gasteiger charge is -2.01. The minimum atomic E-state index is 0.564. The van der Waals surface area contributed by atoms with Crippen molar-refractivity contribution >= 4 is 15.9 Å². The number of allylic oxidation sites excluding steroid dienone is 4. The summed E-state index contributed by atoms with van der Waals surface area (Å²) in [6, 6.07) is 0. The standard InChI is InChI=1S/C8H11Br/c9-8-6-4-2-1-3-5-7-8/h2,4-5,7-8H,1,3,6H2/b4-2-,7-5-. The summed E-state index contributed by atoms with van der Waals surface area (Å²) in [6.45, 7) is 0. The predicted octanol–water partition coefficient (Wildman–Crippen LogP) is 3.05. The molecule has 0 fully saturated rings. The van der Waals surface area contributed by atoms with Gasteiger partial charge in [0.15, 0.2) is 0 Å². The van der Waals surface area contributed by atoms with Crippen LogP contribution in [0, 0.1) is 0 Å². The maximum atomic E-state index is 3.53. The lowest BCUT2D eigenvalue weighted by atomic mass is 10.1. The van der Waals surface area contributed by atoms with E-state index in [-0.39, 0.29) is 0 Å². The molecule has 50 valence electrons. The van der Waals surface area contributed by atoms with E-state index in [0.717, 1.165) is 6.42 Å². The van der Waals surface area contributed by atoms with Crippen molar-refractivity contribution < 1.29 is 0 Å². The van der Waals surface area contributed by atoms with Gasteiger partial charge in [0.2, 0.25) is 0 Å². The smallest absolute Gasteiger partial charge is 0.0359 e. The van der Waals surface area contributed by atoms with Gasteiger partial charge in [0.1, 0.15) is 0 Å². The Labute approximate surface area is 64.8 Å². The number of hydrogen-bond acceptors (Lipinski definition) is 0. The molecule has 0 saturated heterocycles. The van der Waals surface area contributed by atoms with Crippen molar-refractivity contribution in [1.82, 2.24) is 0 Å². The monoisotopic (exact) mass is 186 g/mol. The maximum Gasteiger partial charge on any atom is 0.0359 e. The molecular formula is C8H11Br. The molecule has 1 aliphatic rings. The zero-order chi connectivity index (χ0) is 6.53. The Kier molecular flexibility index (Phi) is 3.05. The van der Waals surface area contributed by atoms with Crippen molar-refractivity contribution in [2.24, 2.45) is 0 Å². The second kappa shape index (κ2) is 3.89. The summed E-state index contributed by atoms with van der Waals surface area (Å²) in [5.41, 5.74) is 0. The van der Waals surface area contributed by atoms with E-state index in [0.29, 0.717) is 4.83 Å². The third-order valence-corrected chi connectivity index (χ3v) is 2.05. The predicted molar refractivity (Wildman–Crippen MR) is 44.8 cm³/mol.